The minimum Gasteiger partial charge on any atom is -0.543 e. The lowest BCUT2D eigenvalue weighted by molar-refractivity contribution is -0.140. The number of carbonyl (C=O) groups excluding carboxylic acids is 1. The topological polar surface area (TPSA) is 48.4 Å². The second-order valence-corrected chi connectivity index (χ2v) is 15.7. The number of nitrogens with zero attached hydrogens (tertiary/aromatic N) is 1. The van der Waals surface area contributed by atoms with Crippen LogP contribution in [0.1, 0.15) is 62.4 Å². The van der Waals surface area contributed by atoms with Crippen LogP contribution in [-0.4, -0.2) is 26.4 Å². The summed E-state index contributed by atoms with van der Waals surface area (Å²) in [6.45, 7) is 13.6. The van der Waals surface area contributed by atoms with Gasteiger partial charge in [0, 0.05) is 23.1 Å². The van der Waals surface area contributed by atoms with E-state index in [1.807, 2.05) is 0 Å². The molecule has 0 aliphatic rings. The number of aromatic nitrogens is 1. The SMILES string of the molecule is COC(=O)CCCCc1ccc(CCc2nc3ccccc3c(O[Si](C)(C)C(C)(C)C)c2C)cc1. The summed E-state index contributed by atoms with van der Waals surface area (Å²) in [5.74, 6) is 0.885. The number of hydrogen-bond donors (Lipinski definition) is 0. The van der Waals surface area contributed by atoms with Gasteiger partial charge >= 0.3 is 5.97 Å². The van der Waals surface area contributed by atoms with E-state index in [0.717, 1.165) is 60.0 Å². The van der Waals surface area contributed by atoms with Crippen molar-refractivity contribution in [1.29, 1.82) is 0 Å². The van der Waals surface area contributed by atoms with E-state index in [2.05, 4.69) is 89.3 Å². The molecule has 0 spiro atoms. The molecule has 0 radical (unpaired) electrons. The molecule has 35 heavy (non-hydrogen) atoms. The zero-order chi connectivity index (χ0) is 25.6. The third-order valence-electron chi connectivity index (χ3n) is 7.34. The zero-order valence-electron chi connectivity index (χ0n) is 22.5. The fraction of sp³-hybridized carbons (Fsp3) is 0.467. The van der Waals surface area contributed by atoms with E-state index < -0.39 is 8.32 Å². The number of unbranched alkanes of at least 4 members (excludes halogenated alkanes) is 1. The maximum absolute atomic E-state index is 11.3. The van der Waals surface area contributed by atoms with Crippen LogP contribution in [0.4, 0.5) is 0 Å². The lowest BCUT2D eigenvalue weighted by atomic mass is 10.0. The van der Waals surface area contributed by atoms with Gasteiger partial charge in [0.05, 0.1) is 12.6 Å². The Bertz CT molecular complexity index is 1150. The Labute approximate surface area is 212 Å². The molecule has 3 rings (SSSR count). The van der Waals surface area contributed by atoms with Crippen molar-refractivity contribution in [3.8, 4) is 5.75 Å². The Hall–Kier alpha value is -2.66. The van der Waals surface area contributed by atoms with Crippen LogP contribution in [0.25, 0.3) is 10.9 Å². The summed E-state index contributed by atoms with van der Waals surface area (Å²) in [6.07, 6.45) is 5.15. The van der Waals surface area contributed by atoms with E-state index in [1.165, 1.54) is 18.2 Å². The fourth-order valence-corrected chi connectivity index (χ4v) is 5.02. The zero-order valence-corrected chi connectivity index (χ0v) is 23.5. The van der Waals surface area contributed by atoms with Gasteiger partial charge in [-0.3, -0.25) is 9.78 Å². The summed E-state index contributed by atoms with van der Waals surface area (Å²) in [5, 5.41) is 1.24. The average Bonchev–Trinajstić information content (AvgIpc) is 2.82. The van der Waals surface area contributed by atoms with Crippen molar-refractivity contribution in [1.82, 2.24) is 4.98 Å². The lowest BCUT2D eigenvalue weighted by Crippen LogP contribution is -2.44. The van der Waals surface area contributed by atoms with Crippen molar-refractivity contribution >= 4 is 25.2 Å². The molecule has 5 heteroatoms. The Balaban J connectivity index is 1.73. The highest BCUT2D eigenvalue weighted by Crippen LogP contribution is 2.41. The molecule has 4 nitrogen and oxygen atoms in total. The highest BCUT2D eigenvalue weighted by molar-refractivity contribution is 6.74. The van der Waals surface area contributed by atoms with E-state index in [9.17, 15) is 4.79 Å². The summed E-state index contributed by atoms with van der Waals surface area (Å²) in [7, 11) is -0.544. The molecule has 0 N–H and O–H groups in total. The normalized spacial score (nSPS) is 12.1. The number of esters is 1. The van der Waals surface area contributed by atoms with Crippen LogP contribution >= 0.6 is 0 Å². The minimum absolute atomic E-state index is 0.129. The second-order valence-electron chi connectivity index (χ2n) is 11.0. The molecular formula is C30H41NO3Si. The first kappa shape index (κ1) is 26.9. The van der Waals surface area contributed by atoms with Gasteiger partial charge in [0.2, 0.25) is 0 Å². The number of rotatable bonds is 10. The van der Waals surface area contributed by atoms with Crippen LogP contribution in [0.5, 0.6) is 5.75 Å². The first-order valence-corrected chi connectivity index (χ1v) is 15.6. The first-order chi connectivity index (χ1) is 16.5. The first-order valence-electron chi connectivity index (χ1n) is 12.7. The van der Waals surface area contributed by atoms with E-state index in [0.29, 0.717) is 6.42 Å². The van der Waals surface area contributed by atoms with E-state index in [1.54, 1.807) is 0 Å². The van der Waals surface area contributed by atoms with Crippen LogP contribution in [0.2, 0.25) is 18.1 Å². The summed E-state index contributed by atoms with van der Waals surface area (Å²) < 4.78 is 11.6. The van der Waals surface area contributed by atoms with Gasteiger partial charge in [-0.25, -0.2) is 0 Å². The highest BCUT2D eigenvalue weighted by atomic mass is 28.4. The lowest BCUT2D eigenvalue weighted by Gasteiger charge is -2.37. The number of methoxy groups -OCH3 is 1. The molecule has 0 unspecified atom stereocenters. The van der Waals surface area contributed by atoms with Crippen LogP contribution in [0.3, 0.4) is 0 Å². The van der Waals surface area contributed by atoms with Crippen LogP contribution in [0, 0.1) is 6.92 Å². The maximum atomic E-state index is 11.3. The number of benzene rings is 2. The molecule has 0 fully saturated rings. The quantitative estimate of drug-likeness (QED) is 0.166. The van der Waals surface area contributed by atoms with Gasteiger partial charge in [0.15, 0.2) is 0 Å². The second kappa shape index (κ2) is 11.4. The Morgan fingerprint density at radius 2 is 1.54 bits per heavy atom. The molecule has 0 aliphatic heterocycles. The molecule has 0 bridgehead atoms. The summed E-state index contributed by atoms with van der Waals surface area (Å²) >= 11 is 0. The number of aryl methyl sites for hydroxylation is 3. The number of pyridine rings is 1. The average molecular weight is 492 g/mol. The van der Waals surface area contributed by atoms with Crippen molar-refractivity contribution in [2.45, 2.75) is 84.4 Å². The molecule has 0 atom stereocenters. The van der Waals surface area contributed by atoms with Crippen molar-refractivity contribution in [2.75, 3.05) is 7.11 Å². The van der Waals surface area contributed by atoms with E-state index in [-0.39, 0.29) is 11.0 Å². The largest absolute Gasteiger partial charge is 0.543 e. The summed E-state index contributed by atoms with van der Waals surface area (Å²) in [6, 6.07) is 17.2. The molecule has 2 aromatic carbocycles. The molecule has 0 saturated carbocycles. The van der Waals surface area contributed by atoms with Gasteiger partial charge in [-0.1, -0.05) is 57.2 Å². The number of ether oxygens (including phenoxy) is 1. The molecule has 0 aliphatic carbocycles. The smallest absolute Gasteiger partial charge is 0.305 e. The third kappa shape index (κ3) is 6.94. The number of para-hydroxylation sites is 1. The number of carbonyl (C=O) groups is 1. The van der Waals surface area contributed by atoms with Gasteiger partial charge in [-0.2, -0.15) is 0 Å². The molecule has 1 heterocycles. The summed E-state index contributed by atoms with van der Waals surface area (Å²) in [5.41, 5.74) is 5.90. The van der Waals surface area contributed by atoms with Gasteiger partial charge in [0.1, 0.15) is 5.75 Å². The molecular weight excluding hydrogens is 450 g/mol. The van der Waals surface area contributed by atoms with Gasteiger partial charge < -0.3 is 9.16 Å². The number of fused-ring (bicyclic) bond motifs is 1. The van der Waals surface area contributed by atoms with Crippen molar-refractivity contribution in [3.05, 3.63) is 70.9 Å². The van der Waals surface area contributed by atoms with Gasteiger partial charge in [-0.05, 0) is 80.4 Å². The van der Waals surface area contributed by atoms with E-state index in [4.69, 9.17) is 14.1 Å². The monoisotopic (exact) mass is 491 g/mol. The molecule has 0 saturated heterocycles. The van der Waals surface area contributed by atoms with E-state index >= 15 is 0 Å². The Kier molecular flexibility index (Phi) is 8.76. The highest BCUT2D eigenvalue weighted by Gasteiger charge is 2.39. The summed E-state index contributed by atoms with van der Waals surface area (Å²) in [4.78, 5) is 16.3. The molecule has 1 aromatic heterocycles. The fourth-order valence-electron chi connectivity index (χ4n) is 3.94. The van der Waals surface area contributed by atoms with Crippen LogP contribution < -0.4 is 4.43 Å². The molecule has 188 valence electrons. The Morgan fingerprint density at radius 3 is 2.17 bits per heavy atom. The molecule has 0 amide bonds. The maximum Gasteiger partial charge on any atom is 0.305 e. The Morgan fingerprint density at radius 1 is 0.914 bits per heavy atom. The van der Waals surface area contributed by atoms with Crippen molar-refractivity contribution in [3.63, 3.8) is 0 Å². The number of hydrogen-bond acceptors (Lipinski definition) is 4. The van der Waals surface area contributed by atoms with Gasteiger partial charge in [0.25, 0.3) is 8.32 Å². The van der Waals surface area contributed by atoms with Crippen LogP contribution in [-0.2, 0) is 28.8 Å². The standard InChI is InChI=1S/C30H41NO3Si/c1-22-26(21-20-24-18-16-23(17-19-24)12-8-11-15-28(32)33-5)31-27-14-10-9-13-25(27)29(22)34-35(6,7)30(2,3)4/h9-10,13-14,16-19H,8,11-12,15,20-21H2,1-7H3. The predicted octanol–water partition coefficient (Wildman–Crippen LogP) is 7.60. The molecule has 3 aromatic rings. The van der Waals surface area contributed by atoms with Crippen molar-refractivity contribution in [2.24, 2.45) is 0 Å². The van der Waals surface area contributed by atoms with Gasteiger partial charge in [-0.15, -0.1) is 0 Å². The third-order valence-corrected chi connectivity index (χ3v) is 11.7. The predicted molar refractivity (Wildman–Crippen MR) is 148 cm³/mol. The minimum atomic E-state index is -1.99. The van der Waals surface area contributed by atoms with Crippen molar-refractivity contribution < 1.29 is 14.0 Å². The van der Waals surface area contributed by atoms with Crippen LogP contribution in [0.15, 0.2) is 48.5 Å².